The molecule has 1 N–H and O–H groups in total. The fourth-order valence-corrected chi connectivity index (χ4v) is 3.73. The van der Waals surface area contributed by atoms with Gasteiger partial charge < -0.3 is 10.1 Å². The molecule has 16 heavy (non-hydrogen) atoms. The van der Waals surface area contributed by atoms with Crippen molar-refractivity contribution in [3.05, 3.63) is 0 Å². The Hall–Kier alpha value is -0.290. The molecular formula is C11H20N2OS2. The minimum absolute atomic E-state index is 0.284. The summed E-state index contributed by atoms with van der Waals surface area (Å²) in [5.74, 6) is 0. The first-order valence-electron chi connectivity index (χ1n) is 5.89. The lowest BCUT2D eigenvalue weighted by Crippen LogP contribution is -2.31. The molecule has 1 rings (SSSR count). The highest BCUT2D eigenvalue weighted by atomic mass is 32.2. The molecule has 1 saturated carbocycles. The van der Waals surface area contributed by atoms with Crippen LogP contribution in [0.15, 0.2) is 5.16 Å². The molecule has 1 aliphatic carbocycles. The third-order valence-corrected chi connectivity index (χ3v) is 4.71. The van der Waals surface area contributed by atoms with E-state index in [-0.39, 0.29) is 5.25 Å². The van der Waals surface area contributed by atoms with E-state index >= 15 is 0 Å². The van der Waals surface area contributed by atoms with Crippen LogP contribution in [-0.2, 0) is 0 Å². The lowest BCUT2D eigenvalue weighted by Gasteiger charge is -2.27. The fraction of sp³-hybridized carbons (Fsp3) is 0.818. The second-order valence-corrected chi connectivity index (χ2v) is 5.72. The molecule has 0 aliphatic heterocycles. The van der Waals surface area contributed by atoms with E-state index in [1.54, 1.807) is 11.8 Å². The lowest BCUT2D eigenvalue weighted by atomic mass is 9.98. The monoisotopic (exact) mass is 260 g/mol. The smallest absolute Gasteiger partial charge is 0.136 e. The molecule has 0 unspecified atom stereocenters. The normalized spacial score (nSPS) is 23.4. The van der Waals surface area contributed by atoms with Crippen LogP contribution in [0.1, 0.15) is 39.5 Å². The van der Waals surface area contributed by atoms with Crippen LogP contribution in [0.25, 0.3) is 0 Å². The summed E-state index contributed by atoms with van der Waals surface area (Å²) < 4.78 is 0.929. The molecule has 0 aromatic carbocycles. The van der Waals surface area contributed by atoms with Crippen molar-refractivity contribution in [1.29, 1.82) is 0 Å². The Morgan fingerprint density at radius 2 is 2.19 bits per heavy atom. The van der Waals surface area contributed by atoms with Crippen molar-refractivity contribution in [3.63, 3.8) is 0 Å². The van der Waals surface area contributed by atoms with Gasteiger partial charge in [0.1, 0.15) is 4.32 Å². The molecule has 92 valence electrons. The first-order chi connectivity index (χ1) is 7.72. The van der Waals surface area contributed by atoms with Crippen molar-refractivity contribution in [2.45, 2.75) is 44.8 Å². The van der Waals surface area contributed by atoms with Crippen molar-refractivity contribution < 1.29 is 5.21 Å². The molecule has 0 spiro atoms. The van der Waals surface area contributed by atoms with E-state index in [1.165, 1.54) is 6.42 Å². The first-order valence-corrected chi connectivity index (χ1v) is 7.18. The highest BCUT2D eigenvalue weighted by molar-refractivity contribution is 8.23. The van der Waals surface area contributed by atoms with E-state index in [1.807, 2.05) is 0 Å². The SMILES string of the molecule is CCN(CC)C(=S)S[C@@H]1CCCC/C1=N/O. The van der Waals surface area contributed by atoms with Crippen molar-refractivity contribution in [2.24, 2.45) is 5.16 Å². The predicted octanol–water partition coefficient (Wildman–Crippen LogP) is 3.12. The Labute approximate surface area is 107 Å². The van der Waals surface area contributed by atoms with E-state index < -0.39 is 0 Å². The maximum absolute atomic E-state index is 8.95. The van der Waals surface area contributed by atoms with Crippen LogP contribution in [0.2, 0.25) is 0 Å². The Balaban J connectivity index is 2.54. The molecular weight excluding hydrogens is 240 g/mol. The van der Waals surface area contributed by atoms with Crippen LogP contribution in [-0.4, -0.2) is 38.5 Å². The van der Waals surface area contributed by atoms with Gasteiger partial charge >= 0.3 is 0 Å². The Morgan fingerprint density at radius 1 is 1.50 bits per heavy atom. The number of hydrogen-bond donors (Lipinski definition) is 1. The first kappa shape index (κ1) is 13.8. The summed E-state index contributed by atoms with van der Waals surface area (Å²) in [7, 11) is 0. The lowest BCUT2D eigenvalue weighted by molar-refractivity contribution is 0.314. The summed E-state index contributed by atoms with van der Waals surface area (Å²) in [4.78, 5) is 2.17. The van der Waals surface area contributed by atoms with Gasteiger partial charge in [-0.15, -0.1) is 0 Å². The maximum atomic E-state index is 8.95. The fourth-order valence-electron chi connectivity index (χ4n) is 1.88. The summed E-state index contributed by atoms with van der Waals surface area (Å²) in [5.41, 5.74) is 0.908. The molecule has 0 radical (unpaired) electrons. The van der Waals surface area contributed by atoms with E-state index in [2.05, 4.69) is 23.9 Å². The van der Waals surface area contributed by atoms with Crippen LogP contribution in [0, 0.1) is 0 Å². The molecule has 0 aromatic rings. The van der Waals surface area contributed by atoms with Crippen molar-refractivity contribution in [2.75, 3.05) is 13.1 Å². The number of thiocarbonyl (C=S) groups is 1. The summed E-state index contributed by atoms with van der Waals surface area (Å²) in [6.45, 7) is 6.11. The van der Waals surface area contributed by atoms with Crippen molar-refractivity contribution >= 4 is 34.0 Å². The van der Waals surface area contributed by atoms with Gasteiger partial charge in [-0.1, -0.05) is 35.6 Å². The molecule has 3 nitrogen and oxygen atoms in total. The zero-order chi connectivity index (χ0) is 12.0. The van der Waals surface area contributed by atoms with E-state index in [0.29, 0.717) is 0 Å². The van der Waals surface area contributed by atoms with Gasteiger partial charge in [-0.25, -0.2) is 0 Å². The highest BCUT2D eigenvalue weighted by Gasteiger charge is 2.24. The zero-order valence-corrected chi connectivity index (χ0v) is 11.6. The third kappa shape index (κ3) is 3.63. The van der Waals surface area contributed by atoms with Gasteiger partial charge in [-0.05, 0) is 33.1 Å². The van der Waals surface area contributed by atoms with Gasteiger partial charge in [0.25, 0.3) is 0 Å². The molecule has 0 amide bonds. The Kier molecular flexibility index (Phi) is 6.13. The van der Waals surface area contributed by atoms with Gasteiger partial charge in [0, 0.05) is 13.1 Å². The van der Waals surface area contributed by atoms with Gasteiger partial charge in [0.05, 0.1) is 11.0 Å². The number of thioether (sulfide) groups is 1. The highest BCUT2D eigenvalue weighted by Crippen LogP contribution is 2.28. The van der Waals surface area contributed by atoms with Crippen LogP contribution in [0.3, 0.4) is 0 Å². The van der Waals surface area contributed by atoms with E-state index in [9.17, 15) is 0 Å². The Morgan fingerprint density at radius 3 is 2.75 bits per heavy atom. The predicted molar refractivity (Wildman–Crippen MR) is 74.6 cm³/mol. The summed E-state index contributed by atoms with van der Waals surface area (Å²) in [5, 5.41) is 12.6. The number of hydrogen-bond acceptors (Lipinski definition) is 4. The van der Waals surface area contributed by atoms with Gasteiger partial charge in [0.15, 0.2) is 0 Å². The van der Waals surface area contributed by atoms with Crippen molar-refractivity contribution in [1.82, 2.24) is 4.90 Å². The minimum Gasteiger partial charge on any atom is -0.411 e. The van der Waals surface area contributed by atoms with Gasteiger partial charge in [-0.2, -0.15) is 0 Å². The number of oxime groups is 1. The Bertz CT molecular complexity index is 265. The molecule has 5 heteroatoms. The maximum Gasteiger partial charge on any atom is 0.136 e. The number of rotatable bonds is 3. The second kappa shape index (κ2) is 7.12. The largest absolute Gasteiger partial charge is 0.411 e. The average Bonchev–Trinajstić information content (AvgIpc) is 2.31. The summed E-state index contributed by atoms with van der Waals surface area (Å²) >= 11 is 7.08. The average molecular weight is 260 g/mol. The van der Waals surface area contributed by atoms with Crippen molar-refractivity contribution in [3.8, 4) is 0 Å². The molecule has 0 bridgehead atoms. The van der Waals surface area contributed by atoms with Gasteiger partial charge in [-0.3, -0.25) is 0 Å². The number of nitrogens with zero attached hydrogens (tertiary/aromatic N) is 2. The third-order valence-electron chi connectivity index (χ3n) is 2.91. The molecule has 1 fully saturated rings. The van der Waals surface area contributed by atoms with Crippen LogP contribution in [0.5, 0.6) is 0 Å². The molecule has 0 saturated heterocycles. The minimum atomic E-state index is 0.284. The molecule has 1 aliphatic rings. The van der Waals surface area contributed by atoms with Crippen LogP contribution in [0.4, 0.5) is 0 Å². The molecule has 0 aromatic heterocycles. The summed E-state index contributed by atoms with van der Waals surface area (Å²) in [6.07, 6.45) is 4.33. The summed E-state index contributed by atoms with van der Waals surface area (Å²) in [6, 6.07) is 0. The van der Waals surface area contributed by atoms with E-state index in [4.69, 9.17) is 17.4 Å². The van der Waals surface area contributed by atoms with E-state index in [0.717, 1.165) is 42.4 Å². The van der Waals surface area contributed by atoms with Crippen LogP contribution >= 0.6 is 24.0 Å². The quantitative estimate of drug-likeness (QED) is 0.480. The zero-order valence-electron chi connectivity index (χ0n) is 9.98. The second-order valence-electron chi connectivity index (χ2n) is 3.88. The van der Waals surface area contributed by atoms with Gasteiger partial charge in [0.2, 0.25) is 0 Å². The molecule has 1 atom stereocenters. The molecule has 0 heterocycles. The standard InChI is InChI=1S/C11H20N2OS2/c1-3-13(4-2)11(15)16-10-8-6-5-7-9(10)12-14/h10,14H,3-8H2,1-2H3/b12-9-/t10-/m1/s1. The van der Waals surface area contributed by atoms with Crippen LogP contribution < -0.4 is 0 Å². The topological polar surface area (TPSA) is 35.8 Å².